The zero-order valence-corrected chi connectivity index (χ0v) is 18.0. The van der Waals surface area contributed by atoms with Crippen LogP contribution in [-0.4, -0.2) is 41.3 Å². The van der Waals surface area contributed by atoms with Gasteiger partial charge in [0, 0.05) is 34.7 Å². The summed E-state index contributed by atoms with van der Waals surface area (Å²) >= 11 is 5.97. The molecule has 2 unspecified atom stereocenters. The van der Waals surface area contributed by atoms with E-state index in [1.54, 1.807) is 19.2 Å². The number of fused-ring (bicyclic) bond motifs is 2. The normalized spacial score (nSPS) is 23.7. The Bertz CT molecular complexity index is 1040. The van der Waals surface area contributed by atoms with Gasteiger partial charge in [-0.05, 0) is 49.6 Å². The summed E-state index contributed by atoms with van der Waals surface area (Å²) in [5.41, 5.74) is 0.324. The van der Waals surface area contributed by atoms with Crippen molar-refractivity contribution >= 4 is 34.8 Å². The number of rotatable bonds is 7. The first-order valence-electron chi connectivity index (χ1n) is 10.5. The molecule has 0 saturated heterocycles. The van der Waals surface area contributed by atoms with E-state index in [1.165, 1.54) is 12.1 Å². The van der Waals surface area contributed by atoms with Crippen molar-refractivity contribution in [1.82, 2.24) is 5.32 Å². The fraction of sp³-hybridized carbons (Fsp3) is 0.375. The average molecular weight is 441 g/mol. The molecule has 1 fully saturated rings. The number of Topliss-reactive ketones (excluding diaryl/α,β-unsaturated/α-hetero) is 2. The fourth-order valence-electron chi connectivity index (χ4n) is 5.32. The third kappa shape index (κ3) is 3.75. The molecule has 2 aliphatic rings. The second kappa shape index (κ2) is 8.44. The summed E-state index contributed by atoms with van der Waals surface area (Å²) in [7, 11) is 1.56. The van der Waals surface area contributed by atoms with Crippen LogP contribution in [0.4, 0.5) is 5.69 Å². The van der Waals surface area contributed by atoms with Crippen molar-refractivity contribution < 1.29 is 19.5 Å². The third-order valence-corrected chi connectivity index (χ3v) is 7.01. The van der Waals surface area contributed by atoms with Crippen LogP contribution in [0, 0.1) is 5.92 Å². The quantitative estimate of drug-likeness (QED) is 0.446. The Kier molecular flexibility index (Phi) is 5.86. The van der Waals surface area contributed by atoms with Crippen LogP contribution in [0.3, 0.4) is 0 Å². The maximum absolute atomic E-state index is 13.1. The molecule has 4 atom stereocenters. The van der Waals surface area contributed by atoms with Gasteiger partial charge in [-0.25, -0.2) is 0 Å². The van der Waals surface area contributed by atoms with Crippen LogP contribution in [0.15, 0.2) is 48.5 Å². The molecule has 6 nitrogen and oxygen atoms in total. The number of ketones is 2. The molecular formula is C24H25ClN2O4. The number of carbonyl (C=O) groups is 3. The molecule has 4 rings (SSSR count). The van der Waals surface area contributed by atoms with Gasteiger partial charge in [0.15, 0.2) is 0 Å². The van der Waals surface area contributed by atoms with Gasteiger partial charge in [-0.2, -0.15) is 0 Å². The van der Waals surface area contributed by atoms with Gasteiger partial charge in [-0.15, -0.1) is 0 Å². The third-order valence-electron chi connectivity index (χ3n) is 6.77. The van der Waals surface area contributed by atoms with E-state index in [-0.39, 0.29) is 17.5 Å². The summed E-state index contributed by atoms with van der Waals surface area (Å²) in [6, 6.07) is 13.9. The molecule has 1 saturated carbocycles. The number of likely N-dealkylation sites (N-methyl/N-ethyl adjacent to an activating group) is 1. The molecule has 1 aliphatic carbocycles. The summed E-state index contributed by atoms with van der Waals surface area (Å²) in [4.78, 5) is 38.6. The predicted molar refractivity (Wildman–Crippen MR) is 119 cm³/mol. The van der Waals surface area contributed by atoms with Gasteiger partial charge in [0.2, 0.25) is 11.6 Å². The lowest BCUT2D eigenvalue weighted by atomic mass is 9.65. The maximum atomic E-state index is 13.1. The zero-order valence-electron chi connectivity index (χ0n) is 17.2. The summed E-state index contributed by atoms with van der Waals surface area (Å²) < 4.78 is 0. The number of hydrogen-bond acceptors (Lipinski definition) is 5. The summed E-state index contributed by atoms with van der Waals surface area (Å²) in [6.45, 7) is 0. The summed E-state index contributed by atoms with van der Waals surface area (Å²) in [6.07, 6.45) is 2.36. The molecule has 3 N–H and O–H groups in total. The molecular weight excluding hydrogens is 416 g/mol. The van der Waals surface area contributed by atoms with Crippen LogP contribution in [-0.2, 0) is 9.59 Å². The average Bonchev–Trinajstić information content (AvgIpc) is 3.23. The van der Waals surface area contributed by atoms with E-state index >= 15 is 0 Å². The molecule has 2 aromatic carbocycles. The van der Waals surface area contributed by atoms with Crippen molar-refractivity contribution in [2.24, 2.45) is 5.92 Å². The highest BCUT2D eigenvalue weighted by Gasteiger charge is 2.55. The number of carbonyl (C=O) groups excluding carboxylic acids is 2. The van der Waals surface area contributed by atoms with Gasteiger partial charge in [-0.3, -0.25) is 14.4 Å². The van der Waals surface area contributed by atoms with Gasteiger partial charge < -0.3 is 15.7 Å². The van der Waals surface area contributed by atoms with Crippen LogP contribution in [0.25, 0.3) is 0 Å². The number of para-hydroxylation sites is 1. The van der Waals surface area contributed by atoms with Crippen molar-refractivity contribution in [3.05, 3.63) is 64.7 Å². The Hall–Kier alpha value is -2.70. The van der Waals surface area contributed by atoms with E-state index in [9.17, 15) is 19.5 Å². The van der Waals surface area contributed by atoms with E-state index in [0.29, 0.717) is 5.02 Å². The molecule has 7 heteroatoms. The molecule has 0 radical (unpaired) electrons. The van der Waals surface area contributed by atoms with Crippen LogP contribution in [0.5, 0.6) is 0 Å². The molecule has 0 spiro atoms. The van der Waals surface area contributed by atoms with E-state index in [0.717, 1.165) is 30.5 Å². The SMILES string of the molecule is CNC(CC(=O)C(=O)c1cccc(Cl)c1)(C(=O)O)C1c2ccccc2N[C@@H]2CCC[C@H]12. The van der Waals surface area contributed by atoms with Crippen molar-refractivity contribution in [2.45, 2.75) is 43.2 Å². The number of aliphatic carboxylic acids is 1. The Balaban J connectivity index is 1.75. The van der Waals surface area contributed by atoms with E-state index in [4.69, 9.17) is 11.6 Å². The number of halogens is 1. The number of carboxylic acids is 1. The Labute approximate surface area is 186 Å². The van der Waals surface area contributed by atoms with Crippen molar-refractivity contribution in [3.8, 4) is 0 Å². The van der Waals surface area contributed by atoms with E-state index in [2.05, 4.69) is 10.6 Å². The van der Waals surface area contributed by atoms with Crippen molar-refractivity contribution in [1.29, 1.82) is 0 Å². The van der Waals surface area contributed by atoms with Gasteiger partial charge in [0.1, 0.15) is 5.54 Å². The lowest BCUT2D eigenvalue weighted by molar-refractivity contribution is -0.148. The minimum atomic E-state index is -1.60. The zero-order chi connectivity index (χ0) is 22.2. The first-order chi connectivity index (χ1) is 14.9. The lowest BCUT2D eigenvalue weighted by Crippen LogP contribution is -2.60. The monoisotopic (exact) mass is 440 g/mol. The first-order valence-corrected chi connectivity index (χ1v) is 10.9. The van der Waals surface area contributed by atoms with Gasteiger partial charge >= 0.3 is 5.97 Å². The van der Waals surface area contributed by atoms with Crippen LogP contribution >= 0.6 is 11.6 Å². The van der Waals surface area contributed by atoms with Crippen LogP contribution < -0.4 is 10.6 Å². The van der Waals surface area contributed by atoms with Crippen LogP contribution in [0.1, 0.15) is 47.5 Å². The number of anilines is 1. The van der Waals surface area contributed by atoms with Gasteiger partial charge in [0.25, 0.3) is 0 Å². The van der Waals surface area contributed by atoms with E-state index < -0.39 is 35.4 Å². The first kappa shape index (κ1) is 21.5. The molecule has 0 bridgehead atoms. The highest BCUT2D eigenvalue weighted by atomic mass is 35.5. The second-order valence-electron chi connectivity index (χ2n) is 8.38. The lowest BCUT2D eigenvalue weighted by Gasteiger charge is -2.46. The predicted octanol–water partition coefficient (Wildman–Crippen LogP) is 3.90. The maximum Gasteiger partial charge on any atom is 0.325 e. The molecule has 162 valence electrons. The minimum Gasteiger partial charge on any atom is -0.480 e. The number of hydrogen-bond donors (Lipinski definition) is 3. The van der Waals surface area contributed by atoms with E-state index in [1.807, 2.05) is 24.3 Å². The molecule has 1 aliphatic heterocycles. The number of carboxylic acid groups (broad SMARTS) is 1. The Morgan fingerprint density at radius 3 is 2.65 bits per heavy atom. The molecule has 31 heavy (non-hydrogen) atoms. The summed E-state index contributed by atoms with van der Waals surface area (Å²) in [5, 5.41) is 17.2. The Morgan fingerprint density at radius 1 is 1.16 bits per heavy atom. The van der Waals surface area contributed by atoms with Crippen molar-refractivity contribution in [3.63, 3.8) is 0 Å². The van der Waals surface area contributed by atoms with Crippen molar-refractivity contribution in [2.75, 3.05) is 12.4 Å². The topological polar surface area (TPSA) is 95.5 Å². The minimum absolute atomic E-state index is 0.0486. The fourth-order valence-corrected chi connectivity index (χ4v) is 5.51. The molecule has 1 heterocycles. The highest BCUT2D eigenvalue weighted by Crippen LogP contribution is 2.51. The second-order valence-corrected chi connectivity index (χ2v) is 8.81. The Morgan fingerprint density at radius 2 is 1.94 bits per heavy atom. The van der Waals surface area contributed by atoms with Gasteiger partial charge in [-0.1, -0.05) is 48.4 Å². The molecule has 0 aromatic heterocycles. The smallest absolute Gasteiger partial charge is 0.325 e. The molecule has 2 aromatic rings. The van der Waals surface area contributed by atoms with Gasteiger partial charge in [0.05, 0.1) is 0 Å². The molecule has 0 amide bonds. The highest BCUT2D eigenvalue weighted by molar-refractivity contribution is 6.44. The largest absolute Gasteiger partial charge is 0.480 e. The number of benzene rings is 2. The summed E-state index contributed by atoms with van der Waals surface area (Å²) in [5.74, 6) is -3.00. The number of nitrogens with one attached hydrogen (secondary N) is 2. The van der Waals surface area contributed by atoms with Crippen LogP contribution in [0.2, 0.25) is 5.02 Å². The standard InChI is InChI=1S/C24H25ClN2O4/c1-26-24(23(30)31,13-20(28)22(29)14-6-4-7-15(25)12-14)21-16-8-2-3-10-18(16)27-19-11-5-9-17(19)21/h2-4,6-8,10,12,17,19,21,26-27H,5,9,11,13H2,1H3,(H,30,31)/t17-,19+,21?,24?/m0/s1.